The van der Waals surface area contributed by atoms with Crippen molar-refractivity contribution in [2.24, 2.45) is 0 Å². The van der Waals surface area contributed by atoms with Gasteiger partial charge in [0.15, 0.2) is 0 Å². The van der Waals surface area contributed by atoms with Gasteiger partial charge in [-0.2, -0.15) is 0 Å². The molecule has 0 fully saturated rings. The van der Waals surface area contributed by atoms with Crippen LogP contribution in [-0.4, -0.2) is 4.98 Å². The zero-order chi connectivity index (χ0) is 12.8. The quantitative estimate of drug-likeness (QED) is 0.791. The SMILES string of the molecule is Cc1cc(Br)cc2c(N)cc(C(C)(C)C)nc12. The van der Waals surface area contributed by atoms with Crippen molar-refractivity contribution in [2.75, 3.05) is 5.73 Å². The molecule has 2 rings (SSSR count). The lowest BCUT2D eigenvalue weighted by atomic mass is 9.90. The van der Waals surface area contributed by atoms with Crippen LogP contribution in [0.15, 0.2) is 22.7 Å². The van der Waals surface area contributed by atoms with E-state index < -0.39 is 0 Å². The fraction of sp³-hybridized carbons (Fsp3) is 0.357. The Hall–Kier alpha value is -1.09. The van der Waals surface area contributed by atoms with E-state index in [1.165, 1.54) is 0 Å². The highest BCUT2D eigenvalue weighted by atomic mass is 79.9. The van der Waals surface area contributed by atoms with Crippen LogP contribution in [0, 0.1) is 6.92 Å². The van der Waals surface area contributed by atoms with Gasteiger partial charge >= 0.3 is 0 Å². The van der Waals surface area contributed by atoms with Gasteiger partial charge < -0.3 is 5.73 Å². The van der Waals surface area contributed by atoms with Gasteiger partial charge in [-0.25, -0.2) is 0 Å². The van der Waals surface area contributed by atoms with Gasteiger partial charge in [0.25, 0.3) is 0 Å². The topological polar surface area (TPSA) is 38.9 Å². The molecule has 0 aliphatic heterocycles. The molecule has 17 heavy (non-hydrogen) atoms. The van der Waals surface area contributed by atoms with E-state index in [1.54, 1.807) is 0 Å². The smallest absolute Gasteiger partial charge is 0.0756 e. The number of halogens is 1. The van der Waals surface area contributed by atoms with Crippen LogP contribution in [0.4, 0.5) is 5.69 Å². The van der Waals surface area contributed by atoms with Gasteiger partial charge in [-0.05, 0) is 30.7 Å². The minimum Gasteiger partial charge on any atom is -0.398 e. The van der Waals surface area contributed by atoms with Crippen LogP contribution in [0.1, 0.15) is 32.0 Å². The molecule has 0 unspecified atom stereocenters. The Morgan fingerprint density at radius 3 is 2.41 bits per heavy atom. The van der Waals surface area contributed by atoms with Crippen molar-refractivity contribution < 1.29 is 0 Å². The second-order valence-electron chi connectivity index (χ2n) is 5.47. The number of pyridine rings is 1. The Kier molecular flexibility index (Phi) is 2.90. The van der Waals surface area contributed by atoms with Gasteiger partial charge in [0.1, 0.15) is 0 Å². The summed E-state index contributed by atoms with van der Waals surface area (Å²) in [6.45, 7) is 8.50. The molecular weight excluding hydrogens is 276 g/mol. The number of nitrogens with two attached hydrogens (primary N) is 1. The molecule has 0 saturated carbocycles. The van der Waals surface area contributed by atoms with Crippen molar-refractivity contribution in [3.05, 3.63) is 33.9 Å². The number of fused-ring (bicyclic) bond motifs is 1. The Balaban J connectivity index is 2.83. The summed E-state index contributed by atoms with van der Waals surface area (Å²) in [5, 5.41) is 1.02. The molecule has 0 aliphatic rings. The van der Waals surface area contributed by atoms with Gasteiger partial charge in [0, 0.05) is 26.7 Å². The van der Waals surface area contributed by atoms with Crippen LogP contribution >= 0.6 is 15.9 Å². The van der Waals surface area contributed by atoms with E-state index in [1.807, 2.05) is 12.1 Å². The molecule has 0 saturated heterocycles. The molecule has 0 amide bonds. The summed E-state index contributed by atoms with van der Waals surface area (Å²) >= 11 is 3.49. The summed E-state index contributed by atoms with van der Waals surface area (Å²) in [5.41, 5.74) is 10.1. The van der Waals surface area contributed by atoms with Crippen LogP contribution < -0.4 is 5.73 Å². The number of nitrogens with zero attached hydrogens (tertiary/aromatic N) is 1. The zero-order valence-corrected chi connectivity index (χ0v) is 12.2. The number of aromatic nitrogens is 1. The minimum absolute atomic E-state index is 0.0157. The van der Waals surface area contributed by atoms with E-state index >= 15 is 0 Å². The molecule has 0 bridgehead atoms. The lowest BCUT2D eigenvalue weighted by Crippen LogP contribution is -2.14. The van der Waals surface area contributed by atoms with Crippen molar-refractivity contribution in [1.29, 1.82) is 0 Å². The fourth-order valence-corrected chi connectivity index (χ4v) is 2.44. The molecular formula is C14H17BrN2. The zero-order valence-electron chi connectivity index (χ0n) is 10.6. The minimum atomic E-state index is 0.0157. The molecule has 2 aromatic rings. The molecule has 3 heteroatoms. The number of benzene rings is 1. The van der Waals surface area contributed by atoms with Crippen LogP contribution in [0.5, 0.6) is 0 Å². The number of anilines is 1. The first-order chi connectivity index (χ1) is 7.79. The number of hydrogen-bond donors (Lipinski definition) is 1. The number of hydrogen-bond acceptors (Lipinski definition) is 2. The van der Waals surface area contributed by atoms with Crippen molar-refractivity contribution in [3.8, 4) is 0 Å². The molecule has 0 atom stereocenters. The second kappa shape index (κ2) is 3.98. The van der Waals surface area contributed by atoms with E-state index in [0.29, 0.717) is 0 Å². The highest BCUT2D eigenvalue weighted by Crippen LogP contribution is 2.31. The standard InChI is InChI=1S/C14H17BrN2/c1-8-5-9(15)6-10-11(16)7-12(14(2,3)4)17-13(8)10/h5-7H,1-4H3,(H2,16,17). The summed E-state index contributed by atoms with van der Waals surface area (Å²) in [4.78, 5) is 4.75. The first kappa shape index (κ1) is 12.4. The monoisotopic (exact) mass is 292 g/mol. The first-order valence-electron chi connectivity index (χ1n) is 5.66. The highest BCUT2D eigenvalue weighted by Gasteiger charge is 2.17. The van der Waals surface area contributed by atoms with Gasteiger partial charge in [-0.15, -0.1) is 0 Å². The molecule has 0 aliphatic carbocycles. The number of rotatable bonds is 0. The predicted molar refractivity (Wildman–Crippen MR) is 77.3 cm³/mol. The molecule has 1 aromatic carbocycles. The molecule has 0 radical (unpaired) electrons. The molecule has 90 valence electrons. The summed E-state index contributed by atoms with van der Waals surface area (Å²) in [7, 11) is 0. The maximum Gasteiger partial charge on any atom is 0.0756 e. The van der Waals surface area contributed by atoms with E-state index in [2.05, 4.69) is 49.7 Å². The highest BCUT2D eigenvalue weighted by molar-refractivity contribution is 9.10. The Morgan fingerprint density at radius 1 is 1.18 bits per heavy atom. The third-order valence-electron chi connectivity index (χ3n) is 2.87. The number of nitrogen functional groups attached to an aromatic ring is 1. The lowest BCUT2D eigenvalue weighted by molar-refractivity contribution is 0.572. The Labute approximate surface area is 110 Å². The fourth-order valence-electron chi connectivity index (χ4n) is 1.87. The normalized spacial score (nSPS) is 12.1. The van der Waals surface area contributed by atoms with E-state index in [9.17, 15) is 0 Å². The van der Waals surface area contributed by atoms with Gasteiger partial charge in [-0.1, -0.05) is 36.7 Å². The Morgan fingerprint density at radius 2 is 1.82 bits per heavy atom. The van der Waals surface area contributed by atoms with Crippen molar-refractivity contribution in [3.63, 3.8) is 0 Å². The maximum atomic E-state index is 6.13. The average Bonchev–Trinajstić information content (AvgIpc) is 2.17. The van der Waals surface area contributed by atoms with Crippen molar-refractivity contribution in [2.45, 2.75) is 33.1 Å². The van der Waals surface area contributed by atoms with Crippen LogP contribution in [0.2, 0.25) is 0 Å². The average molecular weight is 293 g/mol. The molecule has 0 spiro atoms. The van der Waals surface area contributed by atoms with Crippen molar-refractivity contribution >= 4 is 32.5 Å². The summed E-state index contributed by atoms with van der Waals surface area (Å²) in [6.07, 6.45) is 0. The third-order valence-corrected chi connectivity index (χ3v) is 3.33. The summed E-state index contributed by atoms with van der Waals surface area (Å²) in [5.74, 6) is 0. The molecule has 1 heterocycles. The van der Waals surface area contributed by atoms with E-state index in [4.69, 9.17) is 10.7 Å². The van der Waals surface area contributed by atoms with E-state index in [0.717, 1.165) is 32.3 Å². The van der Waals surface area contributed by atoms with E-state index in [-0.39, 0.29) is 5.41 Å². The first-order valence-corrected chi connectivity index (χ1v) is 6.45. The second-order valence-corrected chi connectivity index (χ2v) is 6.38. The van der Waals surface area contributed by atoms with Gasteiger partial charge in [-0.3, -0.25) is 4.98 Å². The van der Waals surface area contributed by atoms with Crippen molar-refractivity contribution in [1.82, 2.24) is 4.98 Å². The molecule has 1 aromatic heterocycles. The van der Waals surface area contributed by atoms with Gasteiger partial charge in [0.05, 0.1) is 5.52 Å². The summed E-state index contributed by atoms with van der Waals surface area (Å²) in [6, 6.07) is 6.08. The van der Waals surface area contributed by atoms with Gasteiger partial charge in [0.2, 0.25) is 0 Å². The largest absolute Gasteiger partial charge is 0.398 e. The van der Waals surface area contributed by atoms with Crippen LogP contribution in [0.3, 0.4) is 0 Å². The Bertz CT molecular complexity index is 583. The summed E-state index contributed by atoms with van der Waals surface area (Å²) < 4.78 is 1.04. The van der Waals surface area contributed by atoms with Crippen LogP contribution in [0.25, 0.3) is 10.9 Å². The van der Waals surface area contributed by atoms with Crippen LogP contribution in [-0.2, 0) is 5.41 Å². The predicted octanol–water partition coefficient (Wildman–Crippen LogP) is 4.19. The molecule has 2 nitrogen and oxygen atoms in total. The third kappa shape index (κ3) is 2.29. The lowest BCUT2D eigenvalue weighted by Gasteiger charge is -2.19. The molecule has 2 N–H and O–H groups in total. The maximum absolute atomic E-state index is 6.13. The number of aryl methyl sites for hydroxylation is 1.